The molecule has 26 heavy (non-hydrogen) atoms. The third kappa shape index (κ3) is 4.44. The lowest BCUT2D eigenvalue weighted by molar-refractivity contribution is -0.116. The molecule has 2 rings (SSSR count). The number of nitrogens with one attached hydrogen (secondary N) is 1. The normalized spacial score (nSPS) is 10.3. The van der Waals surface area contributed by atoms with E-state index in [-0.39, 0.29) is 23.7 Å². The molecule has 0 spiro atoms. The Kier molecular flexibility index (Phi) is 5.71. The minimum absolute atomic E-state index is 0.120. The van der Waals surface area contributed by atoms with Gasteiger partial charge < -0.3 is 16.0 Å². The Morgan fingerprint density at radius 1 is 1.12 bits per heavy atom. The summed E-state index contributed by atoms with van der Waals surface area (Å²) in [7, 11) is 1.51. The van der Waals surface area contributed by atoms with Crippen LogP contribution in [0, 0.1) is 20.8 Å². The zero-order valence-corrected chi connectivity index (χ0v) is 15.3. The summed E-state index contributed by atoms with van der Waals surface area (Å²) in [6.45, 7) is 5.72. The molecule has 0 aliphatic rings. The van der Waals surface area contributed by atoms with Crippen molar-refractivity contribution in [2.45, 2.75) is 20.8 Å². The van der Waals surface area contributed by atoms with Gasteiger partial charge in [-0.3, -0.25) is 19.4 Å². The summed E-state index contributed by atoms with van der Waals surface area (Å²) < 4.78 is 0. The number of carbonyl (C=O) groups excluding carboxylic acids is 3. The largest absolute Gasteiger partial charge is 0.366 e. The lowest BCUT2D eigenvalue weighted by Crippen LogP contribution is -2.35. The molecule has 0 radical (unpaired) electrons. The molecular formula is C19H22N4O3. The molecule has 7 nitrogen and oxygen atoms in total. The van der Waals surface area contributed by atoms with Gasteiger partial charge in [-0.25, -0.2) is 0 Å². The zero-order chi connectivity index (χ0) is 19.4. The van der Waals surface area contributed by atoms with Gasteiger partial charge in [0.15, 0.2) is 0 Å². The number of aryl methyl sites for hydroxylation is 3. The van der Waals surface area contributed by atoms with Crippen molar-refractivity contribution < 1.29 is 14.4 Å². The number of rotatable bonds is 5. The summed E-state index contributed by atoms with van der Waals surface area (Å²) in [6, 6.07) is 6.81. The highest BCUT2D eigenvalue weighted by molar-refractivity contribution is 5.99. The van der Waals surface area contributed by atoms with Crippen molar-refractivity contribution in [3.63, 3.8) is 0 Å². The van der Waals surface area contributed by atoms with Crippen molar-refractivity contribution in [3.8, 4) is 0 Å². The van der Waals surface area contributed by atoms with E-state index in [0.29, 0.717) is 0 Å². The first-order valence-electron chi connectivity index (χ1n) is 8.08. The van der Waals surface area contributed by atoms with Crippen molar-refractivity contribution in [3.05, 3.63) is 58.4 Å². The molecule has 1 heterocycles. The fourth-order valence-corrected chi connectivity index (χ4v) is 2.71. The molecule has 0 aliphatic carbocycles. The highest BCUT2D eigenvalue weighted by Crippen LogP contribution is 2.21. The molecule has 1 aromatic heterocycles. The number of anilines is 1. The molecule has 136 valence electrons. The van der Waals surface area contributed by atoms with Gasteiger partial charge in [0.2, 0.25) is 11.8 Å². The smallest absolute Gasteiger partial charge is 0.272 e. The standard InChI is InChI=1S/C19H22N4O3/c1-11-7-12(2)17(13(3)8-11)22-16(24)10-23(4)19(26)15-6-5-14(9-21-15)18(20)25/h5-9H,10H2,1-4H3,(H2,20,25)(H,22,24). The van der Waals surface area contributed by atoms with Crippen LogP contribution in [0.1, 0.15) is 37.5 Å². The van der Waals surface area contributed by atoms with E-state index in [4.69, 9.17) is 5.73 Å². The number of hydrogen-bond donors (Lipinski definition) is 2. The summed E-state index contributed by atoms with van der Waals surface area (Å²) in [5.41, 5.74) is 9.30. The van der Waals surface area contributed by atoms with Crippen LogP contribution in [-0.4, -0.2) is 41.2 Å². The number of primary amides is 1. The SMILES string of the molecule is Cc1cc(C)c(NC(=O)CN(C)C(=O)c2ccc(C(N)=O)cn2)c(C)c1. The lowest BCUT2D eigenvalue weighted by atomic mass is 10.1. The van der Waals surface area contributed by atoms with Crippen molar-refractivity contribution >= 4 is 23.4 Å². The van der Waals surface area contributed by atoms with E-state index in [1.165, 1.54) is 30.3 Å². The number of nitrogens with two attached hydrogens (primary N) is 1. The van der Waals surface area contributed by atoms with Crippen LogP contribution in [0.15, 0.2) is 30.5 Å². The Hall–Kier alpha value is -3.22. The van der Waals surface area contributed by atoms with Crippen LogP contribution in [0.5, 0.6) is 0 Å². The second kappa shape index (κ2) is 7.77. The van der Waals surface area contributed by atoms with Gasteiger partial charge in [-0.2, -0.15) is 0 Å². The molecule has 2 aromatic rings. The number of benzene rings is 1. The van der Waals surface area contributed by atoms with Gasteiger partial charge in [0.05, 0.1) is 12.1 Å². The number of pyridine rings is 1. The van der Waals surface area contributed by atoms with E-state index in [2.05, 4.69) is 10.3 Å². The molecule has 0 unspecified atom stereocenters. The maximum atomic E-state index is 12.4. The van der Waals surface area contributed by atoms with Crippen molar-refractivity contribution in [1.82, 2.24) is 9.88 Å². The van der Waals surface area contributed by atoms with Crippen LogP contribution in [0.4, 0.5) is 5.69 Å². The summed E-state index contributed by atoms with van der Waals surface area (Å²) in [6.07, 6.45) is 1.24. The number of nitrogens with zero attached hydrogens (tertiary/aromatic N) is 2. The first kappa shape index (κ1) is 19.1. The van der Waals surface area contributed by atoms with Gasteiger partial charge in [-0.1, -0.05) is 17.7 Å². The second-order valence-corrected chi connectivity index (χ2v) is 6.28. The van der Waals surface area contributed by atoms with E-state index in [0.717, 1.165) is 22.4 Å². The summed E-state index contributed by atoms with van der Waals surface area (Å²) in [5, 5.41) is 2.85. The molecule has 3 N–H and O–H groups in total. The first-order chi connectivity index (χ1) is 12.2. The molecule has 0 atom stereocenters. The Morgan fingerprint density at radius 3 is 2.23 bits per heavy atom. The van der Waals surface area contributed by atoms with E-state index in [9.17, 15) is 14.4 Å². The Balaban J connectivity index is 2.04. The van der Waals surface area contributed by atoms with E-state index in [1.54, 1.807) is 0 Å². The van der Waals surface area contributed by atoms with Crippen molar-refractivity contribution in [1.29, 1.82) is 0 Å². The van der Waals surface area contributed by atoms with Crippen LogP contribution in [-0.2, 0) is 4.79 Å². The van der Waals surface area contributed by atoms with Gasteiger partial charge in [0.25, 0.3) is 5.91 Å². The van der Waals surface area contributed by atoms with E-state index >= 15 is 0 Å². The highest BCUT2D eigenvalue weighted by atomic mass is 16.2. The number of amides is 3. The third-order valence-corrected chi connectivity index (χ3v) is 3.94. The van der Waals surface area contributed by atoms with Crippen LogP contribution >= 0.6 is 0 Å². The molecule has 0 aliphatic heterocycles. The van der Waals surface area contributed by atoms with Crippen LogP contribution in [0.2, 0.25) is 0 Å². The van der Waals surface area contributed by atoms with E-state index in [1.807, 2.05) is 32.9 Å². The molecule has 1 aromatic carbocycles. The minimum atomic E-state index is -0.618. The van der Waals surface area contributed by atoms with Crippen LogP contribution < -0.4 is 11.1 Å². The van der Waals surface area contributed by atoms with Gasteiger partial charge in [-0.15, -0.1) is 0 Å². The van der Waals surface area contributed by atoms with Gasteiger partial charge in [0.1, 0.15) is 5.69 Å². The number of likely N-dealkylation sites (N-methyl/N-ethyl adjacent to an activating group) is 1. The maximum Gasteiger partial charge on any atom is 0.272 e. The molecule has 0 saturated carbocycles. The van der Waals surface area contributed by atoms with Crippen molar-refractivity contribution in [2.24, 2.45) is 5.73 Å². The van der Waals surface area contributed by atoms with Gasteiger partial charge in [-0.05, 0) is 44.0 Å². The summed E-state index contributed by atoms with van der Waals surface area (Å²) >= 11 is 0. The fraction of sp³-hybridized carbons (Fsp3) is 0.263. The zero-order valence-electron chi connectivity index (χ0n) is 15.3. The molecule has 0 bridgehead atoms. The molecule has 3 amide bonds. The molecule has 0 saturated heterocycles. The monoisotopic (exact) mass is 354 g/mol. The summed E-state index contributed by atoms with van der Waals surface area (Å²) in [4.78, 5) is 40.9. The van der Waals surface area contributed by atoms with Crippen LogP contribution in [0.3, 0.4) is 0 Å². The van der Waals surface area contributed by atoms with Gasteiger partial charge in [0, 0.05) is 18.9 Å². The average molecular weight is 354 g/mol. The predicted molar refractivity (Wildman–Crippen MR) is 99.0 cm³/mol. The molecular weight excluding hydrogens is 332 g/mol. The van der Waals surface area contributed by atoms with Gasteiger partial charge >= 0.3 is 0 Å². The minimum Gasteiger partial charge on any atom is -0.366 e. The Labute approximate surface area is 152 Å². The maximum absolute atomic E-state index is 12.4. The van der Waals surface area contributed by atoms with Crippen molar-refractivity contribution in [2.75, 3.05) is 18.9 Å². The lowest BCUT2D eigenvalue weighted by Gasteiger charge is -2.18. The quantitative estimate of drug-likeness (QED) is 0.854. The van der Waals surface area contributed by atoms with Crippen LogP contribution in [0.25, 0.3) is 0 Å². The number of carbonyl (C=O) groups is 3. The average Bonchev–Trinajstić information content (AvgIpc) is 2.57. The highest BCUT2D eigenvalue weighted by Gasteiger charge is 2.17. The predicted octanol–water partition coefficient (Wildman–Crippen LogP) is 1.82. The number of hydrogen-bond acceptors (Lipinski definition) is 4. The van der Waals surface area contributed by atoms with E-state index < -0.39 is 11.8 Å². The number of aromatic nitrogens is 1. The second-order valence-electron chi connectivity index (χ2n) is 6.28. The summed E-state index contributed by atoms with van der Waals surface area (Å²) in [5.74, 6) is -1.34. The molecule has 7 heteroatoms. The Bertz CT molecular complexity index is 837. The topological polar surface area (TPSA) is 105 Å². The first-order valence-corrected chi connectivity index (χ1v) is 8.08. The third-order valence-electron chi connectivity index (χ3n) is 3.94. The Morgan fingerprint density at radius 2 is 1.73 bits per heavy atom. The molecule has 0 fully saturated rings. The fourth-order valence-electron chi connectivity index (χ4n) is 2.71.